The summed E-state index contributed by atoms with van der Waals surface area (Å²) in [5.41, 5.74) is 3.18. The van der Waals surface area contributed by atoms with E-state index < -0.39 is 5.91 Å². The maximum atomic E-state index is 12.3. The van der Waals surface area contributed by atoms with Crippen LogP contribution in [0.5, 0.6) is 5.75 Å². The lowest BCUT2D eigenvalue weighted by molar-refractivity contribution is -0.114. The Morgan fingerprint density at radius 3 is 2.89 bits per heavy atom. The van der Waals surface area contributed by atoms with Crippen molar-refractivity contribution in [3.8, 4) is 5.75 Å². The highest BCUT2D eigenvalue weighted by atomic mass is 35.5. The molecule has 5 nitrogen and oxygen atoms in total. The fraction of sp³-hybridized carbons (Fsp3) is 0.0952. The minimum Gasteiger partial charge on any atom is -0.487 e. The van der Waals surface area contributed by atoms with Crippen LogP contribution in [0.2, 0.25) is 5.02 Å². The van der Waals surface area contributed by atoms with E-state index in [0.29, 0.717) is 28.1 Å². The molecule has 0 atom stereocenters. The van der Waals surface area contributed by atoms with Crippen LogP contribution in [0.25, 0.3) is 6.08 Å². The first-order valence-corrected chi connectivity index (χ1v) is 9.82. The Bertz CT molecular complexity index is 1080. The second-order valence-corrected chi connectivity index (χ2v) is 7.56. The summed E-state index contributed by atoms with van der Waals surface area (Å²) in [4.78, 5) is 17.9. The Kier molecular flexibility index (Phi) is 5.07. The molecule has 2 aliphatic rings. The number of fused-ring (bicyclic) bond motifs is 1. The molecule has 7 heteroatoms. The van der Waals surface area contributed by atoms with Crippen molar-refractivity contribution in [2.75, 3.05) is 0 Å². The summed E-state index contributed by atoms with van der Waals surface area (Å²) < 4.78 is 5.84. The van der Waals surface area contributed by atoms with E-state index in [-0.39, 0.29) is 11.4 Å². The van der Waals surface area contributed by atoms with E-state index >= 15 is 0 Å². The topological polar surface area (TPSA) is 65.8 Å². The lowest BCUT2D eigenvalue weighted by Crippen LogP contribution is -2.35. The molecule has 2 aliphatic heterocycles. The van der Waals surface area contributed by atoms with Crippen LogP contribution in [0, 0.1) is 12.3 Å². The third kappa shape index (κ3) is 3.61. The van der Waals surface area contributed by atoms with E-state index in [9.17, 15) is 4.79 Å². The number of amidine groups is 2. The average Bonchev–Trinajstić information content (AvgIpc) is 3.14. The monoisotopic (exact) mass is 409 g/mol. The van der Waals surface area contributed by atoms with Crippen molar-refractivity contribution in [2.24, 2.45) is 4.99 Å². The van der Waals surface area contributed by atoms with Crippen molar-refractivity contribution in [3.05, 3.63) is 81.4 Å². The number of ether oxygens (including phenoxy) is 1. The summed E-state index contributed by atoms with van der Waals surface area (Å²) >= 11 is 7.69. The number of aryl methyl sites for hydroxylation is 1. The van der Waals surface area contributed by atoms with Gasteiger partial charge in [-0.15, -0.1) is 0 Å². The first-order chi connectivity index (χ1) is 13.5. The van der Waals surface area contributed by atoms with Crippen LogP contribution in [-0.2, 0) is 11.4 Å². The molecule has 140 valence electrons. The number of thioether (sulfide) groups is 1. The van der Waals surface area contributed by atoms with Gasteiger partial charge in [0.1, 0.15) is 18.2 Å². The summed E-state index contributed by atoms with van der Waals surface area (Å²) in [6, 6.07) is 13.3. The number of hydrogen-bond acceptors (Lipinski definition) is 4. The standard InChI is InChI=1S/C21H16ClN3O2S/c1-13-4-2-3-5-15(13)12-27-18-7-6-14(11-17(18)22)10-16-19(23)25-8-9-28-21(25)24-20(16)26/h2-11,23H,12H2,1H3/b16-10-,23-19?. The summed E-state index contributed by atoms with van der Waals surface area (Å²) in [6.07, 6.45) is 3.35. The third-order valence-corrected chi connectivity index (χ3v) is 5.48. The molecular weight excluding hydrogens is 394 g/mol. The largest absolute Gasteiger partial charge is 0.487 e. The SMILES string of the molecule is Cc1ccccc1COc1ccc(/C=C2/C(=N)N3C=CSC3=NC2=O)cc1Cl. The van der Waals surface area contributed by atoms with Crippen LogP contribution in [0.15, 0.2) is 64.6 Å². The number of aliphatic imine (C=N–C) groups is 1. The van der Waals surface area contributed by atoms with Gasteiger partial charge >= 0.3 is 0 Å². The van der Waals surface area contributed by atoms with Gasteiger partial charge in [0.25, 0.3) is 5.91 Å². The van der Waals surface area contributed by atoms with Crippen LogP contribution in [0.4, 0.5) is 0 Å². The molecule has 1 N–H and O–H groups in total. The smallest absolute Gasteiger partial charge is 0.283 e. The highest BCUT2D eigenvalue weighted by Crippen LogP contribution is 2.30. The van der Waals surface area contributed by atoms with Gasteiger partial charge in [-0.05, 0) is 47.2 Å². The Morgan fingerprint density at radius 1 is 1.29 bits per heavy atom. The van der Waals surface area contributed by atoms with E-state index in [0.717, 1.165) is 11.1 Å². The van der Waals surface area contributed by atoms with Gasteiger partial charge in [0.15, 0.2) is 5.17 Å². The molecule has 0 saturated heterocycles. The number of nitrogens with zero attached hydrogens (tertiary/aromatic N) is 2. The van der Waals surface area contributed by atoms with E-state index in [1.165, 1.54) is 11.8 Å². The van der Waals surface area contributed by atoms with Gasteiger partial charge in [0, 0.05) is 6.20 Å². The van der Waals surface area contributed by atoms with Gasteiger partial charge in [0.2, 0.25) is 0 Å². The Labute approximate surface area is 171 Å². The van der Waals surface area contributed by atoms with Gasteiger partial charge < -0.3 is 4.74 Å². The molecule has 4 rings (SSSR count). The molecule has 0 aliphatic carbocycles. The second-order valence-electron chi connectivity index (χ2n) is 6.28. The van der Waals surface area contributed by atoms with Gasteiger partial charge in [-0.1, -0.05) is 53.7 Å². The molecule has 28 heavy (non-hydrogen) atoms. The van der Waals surface area contributed by atoms with Crippen LogP contribution in [-0.4, -0.2) is 21.8 Å². The number of carbonyl (C=O) groups is 1. The van der Waals surface area contributed by atoms with Crippen molar-refractivity contribution < 1.29 is 9.53 Å². The van der Waals surface area contributed by atoms with E-state index in [1.807, 2.05) is 31.2 Å². The van der Waals surface area contributed by atoms with E-state index in [4.69, 9.17) is 21.7 Å². The first kappa shape index (κ1) is 18.5. The highest BCUT2D eigenvalue weighted by Gasteiger charge is 2.31. The Hall–Kier alpha value is -2.83. The second kappa shape index (κ2) is 7.66. The zero-order valence-corrected chi connectivity index (χ0v) is 16.6. The molecule has 0 saturated carbocycles. The van der Waals surface area contributed by atoms with Gasteiger partial charge in [-0.3, -0.25) is 15.1 Å². The molecule has 0 radical (unpaired) electrons. The first-order valence-electron chi connectivity index (χ1n) is 8.56. The lowest BCUT2D eigenvalue weighted by Gasteiger charge is -2.22. The van der Waals surface area contributed by atoms with Crippen LogP contribution in [0.1, 0.15) is 16.7 Å². The number of amides is 1. The number of carbonyl (C=O) groups excluding carboxylic acids is 1. The maximum Gasteiger partial charge on any atom is 0.283 e. The van der Waals surface area contributed by atoms with E-state index in [2.05, 4.69) is 4.99 Å². The third-order valence-electron chi connectivity index (χ3n) is 4.42. The molecule has 0 aromatic heterocycles. The number of hydrogen-bond donors (Lipinski definition) is 1. The molecule has 2 heterocycles. The van der Waals surface area contributed by atoms with Crippen molar-refractivity contribution in [2.45, 2.75) is 13.5 Å². The number of rotatable bonds is 4. The van der Waals surface area contributed by atoms with Crippen molar-refractivity contribution in [3.63, 3.8) is 0 Å². The van der Waals surface area contributed by atoms with Crippen LogP contribution >= 0.6 is 23.4 Å². The summed E-state index contributed by atoms with van der Waals surface area (Å²) in [6.45, 7) is 2.46. The molecule has 1 amide bonds. The minimum atomic E-state index is -0.427. The van der Waals surface area contributed by atoms with Crippen molar-refractivity contribution in [1.29, 1.82) is 5.41 Å². The minimum absolute atomic E-state index is 0.104. The predicted octanol–water partition coefficient (Wildman–Crippen LogP) is 5.00. The Balaban J connectivity index is 1.54. The molecule has 2 aromatic carbocycles. The summed E-state index contributed by atoms with van der Waals surface area (Å²) in [5.74, 6) is 0.243. The molecule has 0 unspecified atom stereocenters. The zero-order chi connectivity index (χ0) is 19.7. The molecule has 0 spiro atoms. The van der Waals surface area contributed by atoms with Crippen molar-refractivity contribution in [1.82, 2.24) is 4.90 Å². The summed E-state index contributed by atoms with van der Waals surface area (Å²) in [7, 11) is 0. The van der Waals surface area contributed by atoms with Crippen LogP contribution in [0.3, 0.4) is 0 Å². The highest BCUT2D eigenvalue weighted by molar-refractivity contribution is 8.16. The maximum absolute atomic E-state index is 12.3. The van der Waals surface area contributed by atoms with Crippen LogP contribution < -0.4 is 4.74 Å². The van der Waals surface area contributed by atoms with Gasteiger partial charge in [0.05, 0.1) is 10.6 Å². The zero-order valence-electron chi connectivity index (χ0n) is 15.0. The van der Waals surface area contributed by atoms with Crippen molar-refractivity contribution >= 4 is 46.3 Å². The number of nitrogens with one attached hydrogen (secondary N) is 1. The number of halogens is 1. The number of benzene rings is 2. The normalized spacial score (nSPS) is 17.1. The molecule has 0 bridgehead atoms. The lowest BCUT2D eigenvalue weighted by atomic mass is 10.1. The molecule has 2 aromatic rings. The van der Waals surface area contributed by atoms with Gasteiger partial charge in [-0.2, -0.15) is 4.99 Å². The van der Waals surface area contributed by atoms with E-state index in [1.54, 1.807) is 40.8 Å². The predicted molar refractivity (Wildman–Crippen MR) is 114 cm³/mol. The average molecular weight is 410 g/mol. The fourth-order valence-electron chi connectivity index (χ4n) is 2.85. The van der Waals surface area contributed by atoms with Gasteiger partial charge in [-0.25, -0.2) is 0 Å². The molecule has 0 fully saturated rings. The molecular formula is C21H16ClN3O2S. The quantitative estimate of drug-likeness (QED) is 0.721. The fourth-order valence-corrected chi connectivity index (χ4v) is 3.80. The Morgan fingerprint density at radius 2 is 2.11 bits per heavy atom. The summed E-state index contributed by atoms with van der Waals surface area (Å²) in [5, 5.41) is 11.0.